The second-order valence-corrected chi connectivity index (χ2v) is 5.75. The van der Waals surface area contributed by atoms with E-state index in [2.05, 4.69) is 22.1 Å². The van der Waals surface area contributed by atoms with Crippen molar-refractivity contribution in [3.05, 3.63) is 22.8 Å². The minimum absolute atomic E-state index is 0.152. The van der Waals surface area contributed by atoms with Crippen molar-refractivity contribution in [2.75, 3.05) is 31.5 Å². The first kappa shape index (κ1) is 15.1. The Kier molecular flexibility index (Phi) is 5.20. The summed E-state index contributed by atoms with van der Waals surface area (Å²) in [5.41, 5.74) is 0.152. The third kappa shape index (κ3) is 4.35. The fourth-order valence-corrected chi connectivity index (χ4v) is 2.67. The molecule has 0 amide bonds. The maximum atomic E-state index is 11.0. The van der Waals surface area contributed by atoms with Crippen molar-refractivity contribution >= 4 is 23.4 Å². The van der Waals surface area contributed by atoms with Gasteiger partial charge in [0.15, 0.2) is 0 Å². The van der Waals surface area contributed by atoms with E-state index in [1.807, 2.05) is 0 Å². The van der Waals surface area contributed by atoms with Gasteiger partial charge >= 0.3 is 5.97 Å². The van der Waals surface area contributed by atoms with Crippen molar-refractivity contribution < 1.29 is 9.90 Å². The summed E-state index contributed by atoms with van der Waals surface area (Å²) in [6, 6.07) is 2.86. The van der Waals surface area contributed by atoms with Gasteiger partial charge in [0.05, 0.1) is 5.56 Å². The second kappa shape index (κ2) is 6.90. The van der Waals surface area contributed by atoms with E-state index in [1.165, 1.54) is 38.1 Å². The van der Waals surface area contributed by atoms with E-state index < -0.39 is 5.97 Å². The topological polar surface area (TPSA) is 65.5 Å². The van der Waals surface area contributed by atoms with Crippen molar-refractivity contribution in [3.63, 3.8) is 0 Å². The third-order valence-electron chi connectivity index (χ3n) is 3.44. The summed E-state index contributed by atoms with van der Waals surface area (Å²) in [6.45, 7) is 6.35. The number of aromatic nitrogens is 1. The molecule has 1 saturated heterocycles. The van der Waals surface area contributed by atoms with Crippen molar-refractivity contribution in [3.8, 4) is 0 Å². The SMILES string of the molecule is CC(CNc1cc(C(=O)O)cc(Cl)n1)CN1CCCC1. The van der Waals surface area contributed by atoms with E-state index in [-0.39, 0.29) is 10.7 Å². The molecule has 0 bridgehead atoms. The normalized spacial score (nSPS) is 17.1. The van der Waals surface area contributed by atoms with Gasteiger partial charge in [0, 0.05) is 13.1 Å². The van der Waals surface area contributed by atoms with Crippen molar-refractivity contribution in [1.29, 1.82) is 0 Å². The summed E-state index contributed by atoms with van der Waals surface area (Å²) in [6.07, 6.45) is 2.58. The average Bonchev–Trinajstić information content (AvgIpc) is 2.88. The molecule has 1 atom stereocenters. The molecule has 1 fully saturated rings. The maximum Gasteiger partial charge on any atom is 0.335 e. The van der Waals surface area contributed by atoms with Crippen LogP contribution in [0.15, 0.2) is 12.1 Å². The highest BCUT2D eigenvalue weighted by atomic mass is 35.5. The molecule has 2 rings (SSSR count). The second-order valence-electron chi connectivity index (χ2n) is 5.36. The molecule has 110 valence electrons. The third-order valence-corrected chi connectivity index (χ3v) is 3.63. The minimum Gasteiger partial charge on any atom is -0.478 e. The molecule has 0 spiro atoms. The summed E-state index contributed by atoms with van der Waals surface area (Å²) in [5.74, 6) is -0.00667. The summed E-state index contributed by atoms with van der Waals surface area (Å²) in [5, 5.41) is 12.3. The van der Waals surface area contributed by atoms with Gasteiger partial charge in [-0.1, -0.05) is 18.5 Å². The molecule has 6 heteroatoms. The summed E-state index contributed by atoms with van der Waals surface area (Å²) in [7, 11) is 0. The number of carbonyl (C=O) groups is 1. The van der Waals surface area contributed by atoms with Gasteiger partial charge in [-0.05, 0) is 44.0 Å². The fraction of sp³-hybridized carbons (Fsp3) is 0.571. The lowest BCUT2D eigenvalue weighted by molar-refractivity contribution is 0.0697. The number of aromatic carboxylic acids is 1. The van der Waals surface area contributed by atoms with Crippen LogP contribution >= 0.6 is 11.6 Å². The molecule has 0 aromatic carbocycles. The van der Waals surface area contributed by atoms with Crippen LogP contribution < -0.4 is 5.32 Å². The Bertz CT molecular complexity index is 475. The van der Waals surface area contributed by atoms with E-state index >= 15 is 0 Å². The van der Waals surface area contributed by atoms with Gasteiger partial charge in [-0.25, -0.2) is 9.78 Å². The standard InChI is InChI=1S/C14H20ClN3O2/c1-10(9-18-4-2-3-5-18)8-16-13-7-11(14(19)20)6-12(15)17-13/h6-7,10H,2-5,8-9H2,1H3,(H,16,17)(H,19,20). The highest BCUT2D eigenvalue weighted by molar-refractivity contribution is 6.29. The number of hydrogen-bond donors (Lipinski definition) is 2. The molecule has 1 aromatic rings. The van der Waals surface area contributed by atoms with E-state index in [0.717, 1.165) is 13.1 Å². The van der Waals surface area contributed by atoms with Crippen LogP contribution in [-0.2, 0) is 0 Å². The van der Waals surface area contributed by atoms with Gasteiger partial charge in [-0.3, -0.25) is 0 Å². The Morgan fingerprint density at radius 2 is 2.20 bits per heavy atom. The van der Waals surface area contributed by atoms with Gasteiger partial charge in [0.2, 0.25) is 0 Å². The maximum absolute atomic E-state index is 11.0. The number of anilines is 1. The molecule has 5 nitrogen and oxygen atoms in total. The molecule has 2 N–H and O–H groups in total. The van der Waals surface area contributed by atoms with Gasteiger partial charge in [-0.2, -0.15) is 0 Å². The van der Waals surface area contributed by atoms with Gasteiger partial charge in [0.25, 0.3) is 0 Å². The molecule has 1 unspecified atom stereocenters. The zero-order valence-corrected chi connectivity index (χ0v) is 12.4. The number of hydrogen-bond acceptors (Lipinski definition) is 4. The van der Waals surface area contributed by atoms with Crippen molar-refractivity contribution in [1.82, 2.24) is 9.88 Å². The van der Waals surface area contributed by atoms with Gasteiger partial charge < -0.3 is 15.3 Å². The number of likely N-dealkylation sites (tertiary alicyclic amines) is 1. The number of nitrogens with zero attached hydrogens (tertiary/aromatic N) is 2. The Hall–Kier alpha value is -1.33. The smallest absolute Gasteiger partial charge is 0.335 e. The highest BCUT2D eigenvalue weighted by Crippen LogP contribution is 2.16. The Balaban J connectivity index is 1.87. The summed E-state index contributed by atoms with van der Waals surface area (Å²) < 4.78 is 0. The monoisotopic (exact) mass is 297 g/mol. The number of pyridine rings is 1. The summed E-state index contributed by atoms with van der Waals surface area (Å²) in [4.78, 5) is 17.5. The fourth-order valence-electron chi connectivity index (χ4n) is 2.46. The minimum atomic E-state index is -0.998. The lowest BCUT2D eigenvalue weighted by Gasteiger charge is -2.20. The number of carboxylic acids is 1. The van der Waals surface area contributed by atoms with Crippen molar-refractivity contribution in [2.24, 2.45) is 5.92 Å². The quantitative estimate of drug-likeness (QED) is 0.790. The highest BCUT2D eigenvalue weighted by Gasteiger charge is 2.15. The lowest BCUT2D eigenvalue weighted by atomic mass is 10.1. The van der Waals surface area contributed by atoms with E-state index in [4.69, 9.17) is 16.7 Å². The number of rotatable bonds is 6. The lowest BCUT2D eigenvalue weighted by Crippen LogP contribution is -2.29. The molecular formula is C14H20ClN3O2. The molecular weight excluding hydrogens is 278 g/mol. The van der Waals surface area contributed by atoms with Crippen molar-refractivity contribution in [2.45, 2.75) is 19.8 Å². The number of halogens is 1. The van der Waals surface area contributed by atoms with E-state index in [1.54, 1.807) is 0 Å². The molecule has 2 heterocycles. The molecule has 0 aliphatic carbocycles. The first-order valence-corrected chi connectivity index (χ1v) is 7.29. The Morgan fingerprint density at radius 3 is 2.85 bits per heavy atom. The van der Waals surface area contributed by atoms with Crippen LogP contribution in [0.2, 0.25) is 5.15 Å². The van der Waals surface area contributed by atoms with Crippen LogP contribution in [0.1, 0.15) is 30.1 Å². The molecule has 0 radical (unpaired) electrons. The van der Waals surface area contributed by atoms with Crippen LogP contribution in [0.5, 0.6) is 0 Å². The largest absolute Gasteiger partial charge is 0.478 e. The van der Waals surface area contributed by atoms with Crippen LogP contribution in [-0.4, -0.2) is 47.1 Å². The predicted molar refractivity (Wildman–Crippen MR) is 79.5 cm³/mol. The average molecular weight is 298 g/mol. The zero-order valence-electron chi connectivity index (χ0n) is 11.6. The van der Waals surface area contributed by atoms with Gasteiger partial charge in [0.1, 0.15) is 11.0 Å². The Morgan fingerprint density at radius 1 is 1.50 bits per heavy atom. The number of nitrogens with one attached hydrogen (secondary N) is 1. The van der Waals surface area contributed by atoms with Crippen LogP contribution in [0.3, 0.4) is 0 Å². The molecule has 1 aliphatic heterocycles. The first-order chi connectivity index (χ1) is 9.54. The first-order valence-electron chi connectivity index (χ1n) is 6.91. The van der Waals surface area contributed by atoms with Crippen LogP contribution in [0.4, 0.5) is 5.82 Å². The van der Waals surface area contributed by atoms with Crippen LogP contribution in [0, 0.1) is 5.92 Å². The molecule has 1 aromatic heterocycles. The van der Waals surface area contributed by atoms with E-state index in [9.17, 15) is 4.79 Å². The molecule has 20 heavy (non-hydrogen) atoms. The predicted octanol–water partition coefficient (Wildman–Crippen LogP) is 2.58. The van der Waals surface area contributed by atoms with Gasteiger partial charge in [-0.15, -0.1) is 0 Å². The zero-order chi connectivity index (χ0) is 14.5. The molecule has 0 saturated carbocycles. The molecule has 1 aliphatic rings. The Labute approximate surface area is 123 Å². The van der Waals surface area contributed by atoms with E-state index in [0.29, 0.717) is 11.7 Å². The number of carboxylic acid groups (broad SMARTS) is 1. The summed E-state index contributed by atoms with van der Waals surface area (Å²) >= 11 is 5.82. The van der Waals surface area contributed by atoms with Crippen LogP contribution in [0.25, 0.3) is 0 Å².